The molecule has 0 saturated carbocycles. The van der Waals surface area contributed by atoms with E-state index < -0.39 is 0 Å². The zero-order chi connectivity index (χ0) is 12.3. The van der Waals surface area contributed by atoms with Gasteiger partial charge < -0.3 is 10.3 Å². The van der Waals surface area contributed by atoms with Crippen molar-refractivity contribution in [1.82, 2.24) is 9.55 Å². The number of imidazole rings is 1. The van der Waals surface area contributed by atoms with Crippen LogP contribution in [0.4, 0.5) is 0 Å². The lowest BCUT2D eigenvalue weighted by atomic mass is 10.2. The third kappa shape index (κ3) is 2.76. The summed E-state index contributed by atoms with van der Waals surface area (Å²) in [5, 5.41) is 0. The van der Waals surface area contributed by atoms with Crippen LogP contribution in [0.1, 0.15) is 34.5 Å². The molecule has 0 bridgehead atoms. The molecule has 0 aliphatic rings. The molecule has 3 nitrogen and oxygen atoms in total. The molecular weight excluding hydrogens is 230 g/mol. The second-order valence-corrected chi connectivity index (χ2v) is 5.56. The maximum absolute atomic E-state index is 5.67. The Morgan fingerprint density at radius 2 is 2.29 bits per heavy atom. The SMILES string of the molecule is CCCc1nccn1Cc1cc(CN)sc1C. The summed E-state index contributed by atoms with van der Waals surface area (Å²) in [5.74, 6) is 1.17. The minimum Gasteiger partial charge on any atom is -0.330 e. The Bertz CT molecular complexity index is 485. The first-order valence-corrected chi connectivity index (χ1v) is 6.84. The zero-order valence-electron chi connectivity index (χ0n) is 10.4. The maximum Gasteiger partial charge on any atom is 0.108 e. The summed E-state index contributed by atoms with van der Waals surface area (Å²) in [6, 6.07) is 2.22. The predicted octanol–water partition coefficient (Wildman–Crippen LogP) is 2.71. The Morgan fingerprint density at radius 3 is 2.94 bits per heavy atom. The van der Waals surface area contributed by atoms with E-state index >= 15 is 0 Å². The molecule has 0 aliphatic carbocycles. The third-order valence-corrected chi connectivity index (χ3v) is 4.00. The lowest BCUT2D eigenvalue weighted by Crippen LogP contribution is -2.04. The maximum atomic E-state index is 5.67. The van der Waals surface area contributed by atoms with Crippen LogP contribution in [-0.2, 0) is 19.5 Å². The van der Waals surface area contributed by atoms with Crippen LogP contribution in [-0.4, -0.2) is 9.55 Å². The molecule has 17 heavy (non-hydrogen) atoms. The summed E-state index contributed by atoms with van der Waals surface area (Å²) in [4.78, 5) is 7.02. The summed E-state index contributed by atoms with van der Waals surface area (Å²) in [6.07, 6.45) is 6.12. The normalized spacial score (nSPS) is 11.0. The first kappa shape index (κ1) is 12.3. The molecule has 0 unspecified atom stereocenters. The number of aryl methyl sites for hydroxylation is 2. The van der Waals surface area contributed by atoms with Gasteiger partial charge in [0.05, 0.1) is 0 Å². The van der Waals surface area contributed by atoms with Crippen molar-refractivity contribution in [1.29, 1.82) is 0 Å². The molecule has 4 heteroatoms. The molecular formula is C13H19N3S. The van der Waals surface area contributed by atoms with Crippen LogP contribution in [0.2, 0.25) is 0 Å². The minimum atomic E-state index is 0.636. The average molecular weight is 249 g/mol. The fraction of sp³-hybridized carbons (Fsp3) is 0.462. The lowest BCUT2D eigenvalue weighted by Gasteiger charge is -2.06. The first-order chi connectivity index (χ1) is 8.24. The quantitative estimate of drug-likeness (QED) is 0.885. The molecule has 2 aromatic rings. The van der Waals surface area contributed by atoms with E-state index in [1.807, 2.05) is 6.20 Å². The fourth-order valence-electron chi connectivity index (χ4n) is 1.96. The summed E-state index contributed by atoms with van der Waals surface area (Å²) in [6.45, 7) is 5.89. The molecule has 2 rings (SSSR count). The highest BCUT2D eigenvalue weighted by molar-refractivity contribution is 7.12. The molecule has 0 atom stereocenters. The van der Waals surface area contributed by atoms with Crippen molar-refractivity contribution in [2.24, 2.45) is 5.73 Å². The number of rotatable bonds is 5. The van der Waals surface area contributed by atoms with Crippen molar-refractivity contribution in [3.05, 3.63) is 39.6 Å². The van der Waals surface area contributed by atoms with Crippen molar-refractivity contribution < 1.29 is 0 Å². The summed E-state index contributed by atoms with van der Waals surface area (Å²) >= 11 is 1.80. The Balaban J connectivity index is 2.18. The van der Waals surface area contributed by atoms with Gasteiger partial charge in [0.1, 0.15) is 5.82 Å². The molecule has 2 N–H and O–H groups in total. The molecule has 0 spiro atoms. The minimum absolute atomic E-state index is 0.636. The molecule has 0 radical (unpaired) electrons. The number of nitrogens with zero attached hydrogens (tertiary/aromatic N) is 2. The van der Waals surface area contributed by atoms with Gasteiger partial charge in [-0.15, -0.1) is 11.3 Å². The zero-order valence-corrected chi connectivity index (χ0v) is 11.3. The highest BCUT2D eigenvalue weighted by Crippen LogP contribution is 2.22. The van der Waals surface area contributed by atoms with E-state index in [9.17, 15) is 0 Å². The monoisotopic (exact) mass is 249 g/mol. The van der Waals surface area contributed by atoms with Crippen molar-refractivity contribution >= 4 is 11.3 Å². The highest BCUT2D eigenvalue weighted by atomic mass is 32.1. The molecule has 92 valence electrons. The Kier molecular flexibility index (Phi) is 3.97. The van der Waals surface area contributed by atoms with Gasteiger partial charge in [-0.1, -0.05) is 6.92 Å². The van der Waals surface area contributed by atoms with Crippen molar-refractivity contribution in [3.8, 4) is 0 Å². The summed E-state index contributed by atoms with van der Waals surface area (Å²) in [7, 11) is 0. The van der Waals surface area contributed by atoms with Crippen LogP contribution in [0.5, 0.6) is 0 Å². The number of hydrogen-bond donors (Lipinski definition) is 1. The summed E-state index contributed by atoms with van der Waals surface area (Å²) < 4.78 is 2.23. The van der Waals surface area contributed by atoms with E-state index in [1.54, 1.807) is 11.3 Å². The Labute approximate surface area is 106 Å². The van der Waals surface area contributed by atoms with Gasteiger partial charge in [-0.2, -0.15) is 0 Å². The van der Waals surface area contributed by atoms with Crippen LogP contribution in [0.3, 0.4) is 0 Å². The van der Waals surface area contributed by atoms with Gasteiger partial charge in [0.2, 0.25) is 0 Å². The molecule has 0 fully saturated rings. The van der Waals surface area contributed by atoms with Crippen LogP contribution in [0.25, 0.3) is 0 Å². The first-order valence-electron chi connectivity index (χ1n) is 6.02. The topological polar surface area (TPSA) is 43.8 Å². The highest BCUT2D eigenvalue weighted by Gasteiger charge is 2.07. The number of nitrogens with two attached hydrogens (primary N) is 1. The standard InChI is InChI=1S/C13H19N3S/c1-3-4-13-15-5-6-16(13)9-11-7-12(8-14)17-10(11)2/h5-7H,3-4,8-9,14H2,1-2H3. The second-order valence-electron chi connectivity index (χ2n) is 4.22. The molecule has 0 amide bonds. The number of hydrogen-bond acceptors (Lipinski definition) is 3. The Hall–Kier alpha value is -1.13. The van der Waals surface area contributed by atoms with Crippen LogP contribution >= 0.6 is 11.3 Å². The van der Waals surface area contributed by atoms with Gasteiger partial charge in [0.15, 0.2) is 0 Å². The third-order valence-electron chi connectivity index (χ3n) is 2.89. The average Bonchev–Trinajstić information content (AvgIpc) is 2.88. The van der Waals surface area contributed by atoms with Crippen LogP contribution < -0.4 is 5.73 Å². The van der Waals surface area contributed by atoms with Crippen molar-refractivity contribution in [2.75, 3.05) is 0 Å². The van der Waals surface area contributed by atoms with Gasteiger partial charge in [0, 0.05) is 41.7 Å². The van der Waals surface area contributed by atoms with E-state index in [0.29, 0.717) is 6.54 Å². The Morgan fingerprint density at radius 1 is 1.47 bits per heavy atom. The van der Waals surface area contributed by atoms with Gasteiger partial charge in [-0.25, -0.2) is 4.98 Å². The molecule has 2 heterocycles. The van der Waals surface area contributed by atoms with E-state index in [-0.39, 0.29) is 0 Å². The van der Waals surface area contributed by atoms with Crippen LogP contribution in [0, 0.1) is 6.92 Å². The molecule has 2 aromatic heterocycles. The second kappa shape index (κ2) is 5.47. The molecule has 0 aromatic carbocycles. The van der Waals surface area contributed by atoms with Gasteiger partial charge in [-0.05, 0) is 25.0 Å². The summed E-state index contributed by atoms with van der Waals surface area (Å²) in [5.41, 5.74) is 7.04. The van der Waals surface area contributed by atoms with E-state index in [4.69, 9.17) is 5.73 Å². The molecule has 0 saturated heterocycles. The van der Waals surface area contributed by atoms with Gasteiger partial charge >= 0.3 is 0 Å². The lowest BCUT2D eigenvalue weighted by molar-refractivity contribution is 0.704. The van der Waals surface area contributed by atoms with E-state index in [2.05, 4.69) is 35.7 Å². The smallest absolute Gasteiger partial charge is 0.108 e. The van der Waals surface area contributed by atoms with Crippen molar-refractivity contribution in [3.63, 3.8) is 0 Å². The largest absolute Gasteiger partial charge is 0.330 e. The molecule has 0 aliphatic heterocycles. The van der Waals surface area contributed by atoms with E-state index in [1.165, 1.54) is 21.1 Å². The van der Waals surface area contributed by atoms with E-state index in [0.717, 1.165) is 19.4 Å². The number of aromatic nitrogens is 2. The number of thiophene rings is 1. The predicted molar refractivity (Wildman–Crippen MR) is 72.3 cm³/mol. The van der Waals surface area contributed by atoms with Crippen LogP contribution in [0.15, 0.2) is 18.5 Å². The van der Waals surface area contributed by atoms with Gasteiger partial charge in [-0.3, -0.25) is 0 Å². The van der Waals surface area contributed by atoms with Crippen molar-refractivity contribution in [2.45, 2.75) is 39.8 Å². The fourth-order valence-corrected chi connectivity index (χ4v) is 2.90. The van der Waals surface area contributed by atoms with Gasteiger partial charge in [0.25, 0.3) is 0 Å².